The van der Waals surface area contributed by atoms with E-state index < -0.39 is 12.1 Å². The van der Waals surface area contributed by atoms with Gasteiger partial charge in [-0.2, -0.15) is 0 Å². The number of carbonyl (C=O) groups excluding carboxylic acids is 3. The summed E-state index contributed by atoms with van der Waals surface area (Å²) in [6.45, 7) is 6.42. The monoisotopic (exact) mass is 1070 g/mol. The van der Waals surface area contributed by atoms with Crippen LogP contribution in [0.3, 0.4) is 0 Å². The molecule has 1 atom stereocenters. The highest BCUT2D eigenvalue weighted by Crippen LogP contribution is 2.17. The van der Waals surface area contributed by atoms with Gasteiger partial charge < -0.3 is 14.2 Å². The van der Waals surface area contributed by atoms with Gasteiger partial charge in [-0.1, -0.05) is 305 Å². The van der Waals surface area contributed by atoms with Gasteiger partial charge in [-0.3, -0.25) is 14.4 Å². The lowest BCUT2D eigenvalue weighted by Gasteiger charge is -2.18. The Balaban J connectivity index is 4.12. The molecule has 444 valence electrons. The van der Waals surface area contributed by atoms with Crippen molar-refractivity contribution in [2.24, 2.45) is 0 Å². The minimum atomic E-state index is -0.833. The van der Waals surface area contributed by atoms with E-state index >= 15 is 0 Å². The quantitative estimate of drug-likeness (QED) is 0.0261. The number of hydrogen-bond acceptors (Lipinski definition) is 6. The second-order valence-electron chi connectivity index (χ2n) is 22.0. The van der Waals surface area contributed by atoms with Crippen LogP contribution >= 0.6 is 0 Å². The van der Waals surface area contributed by atoms with Gasteiger partial charge in [0, 0.05) is 12.8 Å². The third kappa shape index (κ3) is 63.3. The molecule has 0 aromatic heterocycles. The van der Waals surface area contributed by atoms with Crippen LogP contribution in [-0.4, -0.2) is 37.2 Å². The Morgan fingerprint density at radius 1 is 0.286 bits per heavy atom. The van der Waals surface area contributed by atoms with Crippen LogP contribution < -0.4 is 0 Å². The second kappa shape index (κ2) is 65.1. The summed E-state index contributed by atoms with van der Waals surface area (Å²) in [7, 11) is 0. The number of unbranched alkanes of at least 4 members (excludes halogenated alkanes) is 36. The van der Waals surface area contributed by atoms with E-state index in [1.807, 2.05) is 6.08 Å². The molecule has 0 aliphatic rings. The molecule has 0 bridgehead atoms. The van der Waals surface area contributed by atoms with Gasteiger partial charge in [0.1, 0.15) is 13.2 Å². The molecular weight excluding hydrogens is 949 g/mol. The fourth-order valence-corrected chi connectivity index (χ4v) is 9.44. The Kier molecular flexibility index (Phi) is 62.2. The van der Waals surface area contributed by atoms with Crippen molar-refractivity contribution >= 4 is 17.9 Å². The summed E-state index contributed by atoms with van der Waals surface area (Å²) in [5.41, 5.74) is 0. The summed E-state index contributed by atoms with van der Waals surface area (Å²) >= 11 is 0. The van der Waals surface area contributed by atoms with Crippen LogP contribution in [0, 0.1) is 0 Å². The molecule has 6 heteroatoms. The summed E-state index contributed by atoms with van der Waals surface area (Å²) in [5.74, 6) is -1.05. The first kappa shape index (κ1) is 73.6. The fraction of sp³-hybridized carbons (Fsp3) is 0.761. The maximum absolute atomic E-state index is 12.8. The van der Waals surface area contributed by atoms with Gasteiger partial charge in [0.05, 0.1) is 6.42 Å². The number of esters is 3. The van der Waals surface area contributed by atoms with E-state index in [0.717, 1.165) is 83.5 Å². The van der Waals surface area contributed by atoms with E-state index in [0.29, 0.717) is 12.8 Å². The SMILES string of the molecule is CC/C=C\C/C=C\C/C=C\C/C=C\C/C=C\CC(=O)OC(COC(=O)CCCCCCC/C=C\CCCC)COC(=O)CCCCCCCCCCCCCCCCCCCCCCC/C=C\CCCCCCCCCC. The largest absolute Gasteiger partial charge is 0.462 e. The summed E-state index contributed by atoms with van der Waals surface area (Å²) in [5, 5.41) is 0. The molecule has 0 radical (unpaired) electrons. The predicted molar refractivity (Wildman–Crippen MR) is 334 cm³/mol. The summed E-state index contributed by atoms with van der Waals surface area (Å²) in [6, 6.07) is 0. The highest BCUT2D eigenvalue weighted by molar-refractivity contribution is 5.72. The fourth-order valence-electron chi connectivity index (χ4n) is 9.44. The molecule has 0 saturated heterocycles. The van der Waals surface area contributed by atoms with Crippen molar-refractivity contribution < 1.29 is 28.6 Å². The molecule has 6 nitrogen and oxygen atoms in total. The summed E-state index contributed by atoms with van der Waals surface area (Å²) in [6.07, 6.45) is 86.6. The van der Waals surface area contributed by atoms with Crippen molar-refractivity contribution in [3.05, 3.63) is 85.1 Å². The van der Waals surface area contributed by atoms with E-state index in [4.69, 9.17) is 14.2 Å². The summed E-state index contributed by atoms with van der Waals surface area (Å²) in [4.78, 5) is 38.1. The summed E-state index contributed by atoms with van der Waals surface area (Å²) < 4.78 is 16.8. The van der Waals surface area contributed by atoms with Gasteiger partial charge in [-0.15, -0.1) is 0 Å². The van der Waals surface area contributed by atoms with Crippen molar-refractivity contribution in [1.29, 1.82) is 0 Å². The van der Waals surface area contributed by atoms with E-state index in [1.54, 1.807) is 6.08 Å². The van der Waals surface area contributed by atoms with Crippen LogP contribution in [0.4, 0.5) is 0 Å². The number of ether oxygens (including phenoxy) is 3. The third-order valence-corrected chi connectivity index (χ3v) is 14.4. The van der Waals surface area contributed by atoms with Gasteiger partial charge in [0.25, 0.3) is 0 Å². The Bertz CT molecular complexity index is 1470. The zero-order chi connectivity index (χ0) is 55.7. The van der Waals surface area contributed by atoms with E-state index in [9.17, 15) is 14.4 Å². The Hall–Kier alpha value is -3.41. The van der Waals surface area contributed by atoms with Crippen LogP contribution in [0.25, 0.3) is 0 Å². The smallest absolute Gasteiger partial charge is 0.310 e. The standard InChI is InChI=1S/C71H124O6/c1-4-7-10-13-16-19-22-24-26-27-28-29-30-31-32-33-34-35-36-37-38-39-40-41-42-43-45-46-49-52-55-58-61-64-70(73)76-67-68(66-75-69(72)63-60-57-54-51-48-21-18-15-12-9-6-3)77-71(74)65-62-59-56-53-50-47-44-25-23-20-17-14-11-8-5-2/h8,11,15,17-18,20,25,27-28,44,50,53,59,62,68H,4-7,9-10,12-14,16,19,21-24,26,29-43,45-49,51-52,54-58,60-61,63-67H2,1-3H3/b11-8-,18-15-,20-17-,28-27-,44-25-,53-50-,62-59-. The van der Waals surface area contributed by atoms with Crippen molar-refractivity contribution in [2.45, 2.75) is 335 Å². The first-order chi connectivity index (χ1) is 38.0. The lowest BCUT2D eigenvalue weighted by atomic mass is 10.0. The molecule has 0 aliphatic heterocycles. The van der Waals surface area contributed by atoms with E-state index in [-0.39, 0.29) is 31.6 Å². The minimum Gasteiger partial charge on any atom is -0.462 e. The predicted octanol–water partition coefficient (Wildman–Crippen LogP) is 22.7. The Morgan fingerprint density at radius 2 is 0.558 bits per heavy atom. The number of carbonyl (C=O) groups is 3. The molecule has 0 aromatic rings. The minimum absolute atomic E-state index is 0.0964. The van der Waals surface area contributed by atoms with Crippen LogP contribution in [-0.2, 0) is 28.6 Å². The van der Waals surface area contributed by atoms with Gasteiger partial charge >= 0.3 is 17.9 Å². The van der Waals surface area contributed by atoms with E-state index in [1.165, 1.54) is 205 Å². The number of allylic oxidation sites excluding steroid dienone is 13. The van der Waals surface area contributed by atoms with Crippen molar-refractivity contribution in [2.75, 3.05) is 13.2 Å². The molecule has 77 heavy (non-hydrogen) atoms. The zero-order valence-electron chi connectivity index (χ0n) is 51.0. The van der Waals surface area contributed by atoms with Crippen molar-refractivity contribution in [3.8, 4) is 0 Å². The van der Waals surface area contributed by atoms with Crippen LogP contribution in [0.2, 0.25) is 0 Å². The molecule has 0 N–H and O–H groups in total. The molecule has 1 unspecified atom stereocenters. The van der Waals surface area contributed by atoms with E-state index in [2.05, 4.69) is 93.7 Å². The number of rotatable bonds is 60. The maximum atomic E-state index is 12.8. The van der Waals surface area contributed by atoms with Crippen LogP contribution in [0.5, 0.6) is 0 Å². The molecule has 0 rings (SSSR count). The third-order valence-electron chi connectivity index (χ3n) is 14.4. The number of hydrogen-bond donors (Lipinski definition) is 0. The molecule has 0 fully saturated rings. The van der Waals surface area contributed by atoms with Gasteiger partial charge in [-0.05, 0) is 89.9 Å². The highest BCUT2D eigenvalue weighted by Gasteiger charge is 2.19. The topological polar surface area (TPSA) is 78.9 Å². The first-order valence-electron chi connectivity index (χ1n) is 33.1. The molecular formula is C71H124O6. The van der Waals surface area contributed by atoms with Crippen LogP contribution in [0.1, 0.15) is 329 Å². The van der Waals surface area contributed by atoms with Crippen LogP contribution in [0.15, 0.2) is 85.1 Å². The Labute approximate surface area is 477 Å². The molecule has 0 aliphatic carbocycles. The molecule has 0 saturated carbocycles. The second-order valence-corrected chi connectivity index (χ2v) is 22.0. The normalized spacial score (nSPS) is 12.6. The maximum Gasteiger partial charge on any atom is 0.310 e. The Morgan fingerprint density at radius 3 is 0.883 bits per heavy atom. The van der Waals surface area contributed by atoms with Crippen molar-refractivity contribution in [3.63, 3.8) is 0 Å². The lowest BCUT2D eigenvalue weighted by molar-refractivity contribution is -0.166. The molecule has 0 spiro atoms. The molecule has 0 aromatic carbocycles. The van der Waals surface area contributed by atoms with Gasteiger partial charge in [0.2, 0.25) is 0 Å². The molecule has 0 amide bonds. The lowest BCUT2D eigenvalue weighted by Crippen LogP contribution is -2.30. The van der Waals surface area contributed by atoms with Gasteiger partial charge in [0.15, 0.2) is 6.10 Å². The zero-order valence-corrected chi connectivity index (χ0v) is 51.0. The van der Waals surface area contributed by atoms with Crippen molar-refractivity contribution in [1.82, 2.24) is 0 Å². The molecule has 0 heterocycles. The van der Waals surface area contributed by atoms with Gasteiger partial charge in [-0.25, -0.2) is 0 Å². The first-order valence-corrected chi connectivity index (χ1v) is 33.1. The average Bonchev–Trinajstić information content (AvgIpc) is 3.43. The highest BCUT2D eigenvalue weighted by atomic mass is 16.6. The average molecular weight is 1070 g/mol.